The highest BCUT2D eigenvalue weighted by atomic mass is 16.5. The number of rotatable bonds is 5. The maximum absolute atomic E-state index is 9.34. The van der Waals surface area contributed by atoms with E-state index in [1.807, 2.05) is 0 Å². The molecule has 0 saturated heterocycles. The SMILES string of the molecule is CCCCC(CO)=Nc1nc(N)nc2c1OCCC2. The zero-order chi connectivity index (χ0) is 13.7. The van der Waals surface area contributed by atoms with Crippen LogP contribution in [0.4, 0.5) is 11.8 Å². The molecule has 0 atom stereocenters. The van der Waals surface area contributed by atoms with Gasteiger partial charge < -0.3 is 15.6 Å². The molecule has 0 saturated carbocycles. The number of nitrogen functional groups attached to an aromatic ring is 1. The van der Waals surface area contributed by atoms with Gasteiger partial charge in [0, 0.05) is 5.71 Å². The number of fused-ring (bicyclic) bond motifs is 1. The zero-order valence-electron chi connectivity index (χ0n) is 11.2. The van der Waals surface area contributed by atoms with E-state index >= 15 is 0 Å². The van der Waals surface area contributed by atoms with Gasteiger partial charge in [-0.3, -0.25) is 0 Å². The third-order valence-electron chi connectivity index (χ3n) is 3.00. The summed E-state index contributed by atoms with van der Waals surface area (Å²) >= 11 is 0. The summed E-state index contributed by atoms with van der Waals surface area (Å²) in [7, 11) is 0. The van der Waals surface area contributed by atoms with E-state index in [0.717, 1.165) is 37.8 Å². The minimum atomic E-state index is -0.0708. The van der Waals surface area contributed by atoms with E-state index in [1.54, 1.807) is 0 Å². The number of hydrogen-bond donors (Lipinski definition) is 2. The molecule has 1 aliphatic rings. The second-order valence-corrected chi connectivity index (χ2v) is 4.57. The average Bonchev–Trinajstić information content (AvgIpc) is 2.43. The van der Waals surface area contributed by atoms with E-state index in [0.29, 0.717) is 23.9 Å². The Bertz CT molecular complexity index is 474. The fourth-order valence-corrected chi connectivity index (χ4v) is 2.01. The number of unbranched alkanes of at least 4 members (excludes halogenated alkanes) is 1. The number of hydrogen-bond acceptors (Lipinski definition) is 6. The summed E-state index contributed by atoms with van der Waals surface area (Å²) in [5.74, 6) is 1.26. The Morgan fingerprint density at radius 3 is 3.05 bits per heavy atom. The second kappa shape index (κ2) is 6.47. The lowest BCUT2D eigenvalue weighted by Gasteiger charge is -2.17. The lowest BCUT2D eigenvalue weighted by Crippen LogP contribution is -2.13. The number of aromatic nitrogens is 2. The Morgan fingerprint density at radius 2 is 2.32 bits per heavy atom. The number of aryl methyl sites for hydroxylation is 1. The minimum absolute atomic E-state index is 0.0708. The van der Waals surface area contributed by atoms with Crippen molar-refractivity contribution in [2.24, 2.45) is 4.99 Å². The summed E-state index contributed by atoms with van der Waals surface area (Å²) in [4.78, 5) is 12.7. The Morgan fingerprint density at radius 1 is 1.47 bits per heavy atom. The normalized spacial score (nSPS) is 14.9. The first-order valence-corrected chi connectivity index (χ1v) is 6.71. The van der Waals surface area contributed by atoms with Gasteiger partial charge in [-0.1, -0.05) is 13.3 Å². The first-order valence-electron chi connectivity index (χ1n) is 6.71. The summed E-state index contributed by atoms with van der Waals surface area (Å²) in [5, 5.41) is 9.34. The summed E-state index contributed by atoms with van der Waals surface area (Å²) in [6.07, 6.45) is 4.55. The zero-order valence-corrected chi connectivity index (χ0v) is 11.2. The average molecular weight is 264 g/mol. The molecule has 0 aliphatic carbocycles. The van der Waals surface area contributed by atoms with Gasteiger partial charge in [0.25, 0.3) is 0 Å². The molecule has 0 radical (unpaired) electrons. The monoisotopic (exact) mass is 264 g/mol. The van der Waals surface area contributed by atoms with Crippen molar-refractivity contribution < 1.29 is 9.84 Å². The van der Waals surface area contributed by atoms with E-state index < -0.39 is 0 Å². The number of nitrogens with zero attached hydrogens (tertiary/aromatic N) is 3. The third-order valence-corrected chi connectivity index (χ3v) is 3.00. The van der Waals surface area contributed by atoms with E-state index in [2.05, 4.69) is 21.9 Å². The Kier molecular flexibility index (Phi) is 4.68. The molecular formula is C13H20N4O2. The van der Waals surface area contributed by atoms with Crippen LogP contribution in [0.5, 0.6) is 5.75 Å². The largest absolute Gasteiger partial charge is 0.488 e. The van der Waals surface area contributed by atoms with E-state index in [-0.39, 0.29) is 12.6 Å². The van der Waals surface area contributed by atoms with E-state index in [9.17, 15) is 5.11 Å². The fraction of sp³-hybridized carbons (Fsp3) is 0.615. The standard InChI is InChI=1S/C13H20N4O2/c1-2-3-5-9(8-18)15-12-11-10(6-4-7-19-11)16-13(14)17-12/h18H,2-8H2,1H3,(H2,14,16,17). The van der Waals surface area contributed by atoms with Crippen LogP contribution in [-0.4, -0.2) is 34.0 Å². The van der Waals surface area contributed by atoms with Crippen molar-refractivity contribution in [2.75, 3.05) is 18.9 Å². The first kappa shape index (κ1) is 13.7. The molecule has 1 aromatic rings. The van der Waals surface area contributed by atoms with Crippen LogP contribution in [0.25, 0.3) is 0 Å². The number of aliphatic hydroxyl groups excluding tert-OH is 1. The van der Waals surface area contributed by atoms with Gasteiger partial charge in [0.05, 0.1) is 18.9 Å². The summed E-state index contributed by atoms with van der Waals surface area (Å²) in [6.45, 7) is 2.67. The molecule has 1 aromatic heterocycles. The summed E-state index contributed by atoms with van der Waals surface area (Å²) in [6, 6.07) is 0. The molecular weight excluding hydrogens is 244 g/mol. The van der Waals surface area contributed by atoms with Crippen LogP contribution < -0.4 is 10.5 Å². The maximum Gasteiger partial charge on any atom is 0.222 e. The molecule has 0 unspecified atom stereocenters. The Balaban J connectivity index is 2.32. The van der Waals surface area contributed by atoms with Crippen molar-refractivity contribution in [1.82, 2.24) is 9.97 Å². The molecule has 0 spiro atoms. The molecule has 0 aromatic carbocycles. The molecule has 1 aliphatic heterocycles. The van der Waals surface area contributed by atoms with Crippen LogP contribution in [0.15, 0.2) is 4.99 Å². The molecule has 104 valence electrons. The number of anilines is 1. The highest BCUT2D eigenvalue weighted by Crippen LogP contribution is 2.33. The lowest BCUT2D eigenvalue weighted by atomic mass is 10.1. The van der Waals surface area contributed by atoms with Crippen molar-refractivity contribution >= 4 is 17.5 Å². The highest BCUT2D eigenvalue weighted by Gasteiger charge is 2.18. The van der Waals surface area contributed by atoms with Crippen LogP contribution in [0, 0.1) is 0 Å². The van der Waals surface area contributed by atoms with Crippen LogP contribution in [0.3, 0.4) is 0 Å². The van der Waals surface area contributed by atoms with Crippen molar-refractivity contribution in [3.63, 3.8) is 0 Å². The molecule has 19 heavy (non-hydrogen) atoms. The predicted molar refractivity (Wildman–Crippen MR) is 74.0 cm³/mol. The molecule has 6 nitrogen and oxygen atoms in total. The van der Waals surface area contributed by atoms with Crippen LogP contribution in [-0.2, 0) is 6.42 Å². The second-order valence-electron chi connectivity index (χ2n) is 4.57. The Labute approximate surface area is 112 Å². The highest BCUT2D eigenvalue weighted by molar-refractivity contribution is 5.88. The first-order chi connectivity index (χ1) is 9.24. The van der Waals surface area contributed by atoms with Crippen molar-refractivity contribution in [3.05, 3.63) is 5.69 Å². The molecule has 6 heteroatoms. The maximum atomic E-state index is 9.34. The van der Waals surface area contributed by atoms with Gasteiger partial charge in [0.1, 0.15) is 0 Å². The van der Waals surface area contributed by atoms with Crippen LogP contribution in [0.1, 0.15) is 38.3 Å². The van der Waals surface area contributed by atoms with Gasteiger partial charge in [0.2, 0.25) is 5.95 Å². The third kappa shape index (κ3) is 3.41. The molecule has 2 rings (SSSR count). The van der Waals surface area contributed by atoms with Gasteiger partial charge >= 0.3 is 0 Å². The number of ether oxygens (including phenoxy) is 1. The number of nitrogens with two attached hydrogens (primary N) is 1. The smallest absolute Gasteiger partial charge is 0.222 e. The van der Waals surface area contributed by atoms with Gasteiger partial charge in [-0.15, -0.1) is 0 Å². The van der Waals surface area contributed by atoms with Gasteiger partial charge in [0.15, 0.2) is 11.6 Å². The fourth-order valence-electron chi connectivity index (χ4n) is 2.01. The van der Waals surface area contributed by atoms with Crippen molar-refractivity contribution in [3.8, 4) is 5.75 Å². The van der Waals surface area contributed by atoms with Crippen LogP contribution in [0.2, 0.25) is 0 Å². The summed E-state index contributed by atoms with van der Waals surface area (Å²) in [5.41, 5.74) is 7.21. The summed E-state index contributed by atoms with van der Waals surface area (Å²) < 4.78 is 5.59. The molecule has 3 N–H and O–H groups in total. The van der Waals surface area contributed by atoms with Crippen molar-refractivity contribution in [2.45, 2.75) is 39.0 Å². The molecule has 0 amide bonds. The topological polar surface area (TPSA) is 93.6 Å². The lowest BCUT2D eigenvalue weighted by molar-refractivity contribution is 0.285. The number of aliphatic hydroxyl groups is 1. The minimum Gasteiger partial charge on any atom is -0.488 e. The van der Waals surface area contributed by atoms with Crippen LogP contribution >= 0.6 is 0 Å². The van der Waals surface area contributed by atoms with Crippen molar-refractivity contribution in [1.29, 1.82) is 0 Å². The Hall–Kier alpha value is -1.69. The quantitative estimate of drug-likeness (QED) is 0.788. The molecule has 0 bridgehead atoms. The molecule has 2 heterocycles. The molecule has 0 fully saturated rings. The van der Waals surface area contributed by atoms with E-state index in [4.69, 9.17) is 10.5 Å². The van der Waals surface area contributed by atoms with Gasteiger partial charge in [-0.05, 0) is 25.7 Å². The van der Waals surface area contributed by atoms with Gasteiger partial charge in [-0.2, -0.15) is 4.98 Å². The van der Waals surface area contributed by atoms with Gasteiger partial charge in [-0.25, -0.2) is 9.98 Å². The number of aliphatic imine (C=N–C) groups is 1. The van der Waals surface area contributed by atoms with E-state index in [1.165, 1.54) is 0 Å². The predicted octanol–water partition coefficient (Wildman–Crippen LogP) is 1.64.